The molecule has 0 radical (unpaired) electrons. The largest absolute Gasteiger partial charge is 0.324 e. The number of hydrogen-bond acceptors (Lipinski definition) is 4. The van der Waals surface area contributed by atoms with E-state index in [-0.39, 0.29) is 6.03 Å². The third-order valence-corrected chi connectivity index (χ3v) is 4.54. The Hall–Kier alpha value is -2.44. The third kappa shape index (κ3) is 3.49. The lowest BCUT2D eigenvalue weighted by atomic mass is 9.85. The molecule has 0 spiro atoms. The zero-order valence-corrected chi connectivity index (χ0v) is 13.5. The molecule has 7 nitrogen and oxygen atoms in total. The van der Waals surface area contributed by atoms with Crippen LogP contribution in [0.1, 0.15) is 32.6 Å². The lowest BCUT2D eigenvalue weighted by molar-refractivity contribution is 0.155. The van der Waals surface area contributed by atoms with Gasteiger partial charge in [-0.3, -0.25) is 0 Å². The van der Waals surface area contributed by atoms with Crippen molar-refractivity contribution in [3.05, 3.63) is 31.0 Å². The average molecular weight is 314 g/mol. The number of nitrogens with one attached hydrogen (secondary N) is 1. The summed E-state index contributed by atoms with van der Waals surface area (Å²) < 4.78 is 1.57. The Labute approximate surface area is 135 Å². The van der Waals surface area contributed by atoms with Crippen LogP contribution in [0.2, 0.25) is 0 Å². The monoisotopic (exact) mass is 314 g/mol. The Morgan fingerprint density at radius 1 is 1.35 bits per heavy atom. The standard InChI is InChI=1S/C16H22N6O/c1-12-5-3-4-6-14(12)21(2)16(23)20-13-7-8-15(18-9-13)22-11-17-10-19-22/h7-12,14H,3-6H2,1-2H3,(H,20,23)/t12-,14+/m0/s1. The fraction of sp³-hybridized carbons (Fsp3) is 0.500. The molecule has 0 bridgehead atoms. The van der Waals surface area contributed by atoms with Gasteiger partial charge in [-0.15, -0.1) is 0 Å². The van der Waals surface area contributed by atoms with Gasteiger partial charge in [0.2, 0.25) is 0 Å². The summed E-state index contributed by atoms with van der Waals surface area (Å²) in [5.74, 6) is 1.21. The van der Waals surface area contributed by atoms with Gasteiger partial charge in [0.1, 0.15) is 12.7 Å². The first kappa shape index (κ1) is 15.5. The minimum Gasteiger partial charge on any atom is -0.324 e. The number of aromatic nitrogens is 4. The highest BCUT2D eigenvalue weighted by Gasteiger charge is 2.27. The van der Waals surface area contributed by atoms with Crippen molar-refractivity contribution in [2.75, 3.05) is 12.4 Å². The van der Waals surface area contributed by atoms with Gasteiger partial charge in [0.25, 0.3) is 0 Å². The number of carbonyl (C=O) groups excluding carboxylic acids is 1. The second-order valence-corrected chi connectivity index (χ2v) is 6.12. The Morgan fingerprint density at radius 2 is 2.17 bits per heavy atom. The molecule has 1 saturated carbocycles. The van der Waals surface area contributed by atoms with Crippen LogP contribution < -0.4 is 5.32 Å². The van der Waals surface area contributed by atoms with E-state index in [0.717, 1.165) is 6.42 Å². The van der Waals surface area contributed by atoms with E-state index in [9.17, 15) is 4.79 Å². The minimum absolute atomic E-state index is 0.0842. The normalized spacial score (nSPS) is 21.0. The van der Waals surface area contributed by atoms with Crippen LogP contribution in [0.15, 0.2) is 31.0 Å². The van der Waals surface area contributed by atoms with Crippen LogP contribution in [0.3, 0.4) is 0 Å². The van der Waals surface area contributed by atoms with Crippen LogP contribution in [0.5, 0.6) is 0 Å². The van der Waals surface area contributed by atoms with Crippen molar-refractivity contribution in [2.24, 2.45) is 5.92 Å². The van der Waals surface area contributed by atoms with Crippen molar-refractivity contribution in [1.29, 1.82) is 0 Å². The number of amides is 2. The number of hydrogen-bond donors (Lipinski definition) is 1. The summed E-state index contributed by atoms with van der Waals surface area (Å²) in [6, 6.07) is 3.85. The fourth-order valence-corrected chi connectivity index (χ4v) is 3.16. The molecule has 2 heterocycles. The van der Waals surface area contributed by atoms with E-state index in [1.54, 1.807) is 23.3 Å². The van der Waals surface area contributed by atoms with Gasteiger partial charge in [0, 0.05) is 13.1 Å². The number of carbonyl (C=O) groups is 1. The Morgan fingerprint density at radius 3 is 2.83 bits per heavy atom. The van der Waals surface area contributed by atoms with Gasteiger partial charge in [-0.25, -0.2) is 19.4 Å². The molecular formula is C16H22N6O. The summed E-state index contributed by atoms with van der Waals surface area (Å²) in [5.41, 5.74) is 0.675. The molecule has 2 atom stereocenters. The topological polar surface area (TPSA) is 75.9 Å². The van der Waals surface area contributed by atoms with Crippen LogP contribution in [0, 0.1) is 5.92 Å². The maximum Gasteiger partial charge on any atom is 0.321 e. The van der Waals surface area contributed by atoms with Gasteiger partial charge in [-0.1, -0.05) is 19.8 Å². The number of pyridine rings is 1. The quantitative estimate of drug-likeness (QED) is 0.945. The molecular weight excluding hydrogens is 292 g/mol. The molecule has 1 aliphatic carbocycles. The molecule has 1 N–H and O–H groups in total. The second-order valence-electron chi connectivity index (χ2n) is 6.12. The first-order valence-corrected chi connectivity index (χ1v) is 8.00. The summed E-state index contributed by atoms with van der Waals surface area (Å²) in [6.07, 6.45) is 9.40. The predicted octanol–water partition coefficient (Wildman–Crippen LogP) is 2.70. The SMILES string of the molecule is C[C@H]1CCCC[C@H]1N(C)C(=O)Nc1ccc(-n2cncn2)nc1. The maximum absolute atomic E-state index is 12.4. The summed E-state index contributed by atoms with van der Waals surface area (Å²) in [5, 5.41) is 6.93. The van der Waals surface area contributed by atoms with Gasteiger partial charge in [0.05, 0.1) is 11.9 Å². The van der Waals surface area contributed by atoms with E-state index in [1.165, 1.54) is 25.6 Å². The molecule has 2 amide bonds. The summed E-state index contributed by atoms with van der Waals surface area (Å²) in [4.78, 5) is 22.4. The summed E-state index contributed by atoms with van der Waals surface area (Å²) in [7, 11) is 1.87. The van der Waals surface area contributed by atoms with Crippen LogP contribution in [0.4, 0.5) is 10.5 Å². The molecule has 0 aromatic carbocycles. The number of nitrogens with zero attached hydrogens (tertiary/aromatic N) is 5. The molecule has 1 aliphatic rings. The van der Waals surface area contributed by atoms with E-state index < -0.39 is 0 Å². The first-order chi connectivity index (χ1) is 11.1. The Bertz CT molecular complexity index is 639. The molecule has 23 heavy (non-hydrogen) atoms. The zero-order chi connectivity index (χ0) is 16.2. The Balaban J connectivity index is 1.63. The van der Waals surface area contributed by atoms with Crippen LogP contribution in [0.25, 0.3) is 5.82 Å². The highest BCUT2D eigenvalue weighted by atomic mass is 16.2. The molecule has 2 aromatic rings. The van der Waals surface area contributed by atoms with Crippen molar-refractivity contribution in [3.63, 3.8) is 0 Å². The third-order valence-electron chi connectivity index (χ3n) is 4.54. The van der Waals surface area contributed by atoms with Gasteiger partial charge in [-0.2, -0.15) is 5.10 Å². The fourth-order valence-electron chi connectivity index (χ4n) is 3.16. The first-order valence-electron chi connectivity index (χ1n) is 8.00. The van der Waals surface area contributed by atoms with E-state index >= 15 is 0 Å². The molecule has 2 aromatic heterocycles. The van der Waals surface area contributed by atoms with Crippen molar-refractivity contribution in [3.8, 4) is 5.82 Å². The van der Waals surface area contributed by atoms with Crippen LogP contribution >= 0.6 is 0 Å². The molecule has 122 valence electrons. The van der Waals surface area contributed by atoms with Crippen molar-refractivity contribution >= 4 is 11.7 Å². The zero-order valence-electron chi connectivity index (χ0n) is 13.5. The number of anilines is 1. The van der Waals surface area contributed by atoms with Crippen molar-refractivity contribution in [1.82, 2.24) is 24.6 Å². The molecule has 0 saturated heterocycles. The van der Waals surface area contributed by atoms with E-state index in [4.69, 9.17) is 0 Å². The van der Waals surface area contributed by atoms with Gasteiger partial charge < -0.3 is 10.2 Å². The predicted molar refractivity (Wildman–Crippen MR) is 87.4 cm³/mol. The van der Waals surface area contributed by atoms with E-state index in [1.807, 2.05) is 18.0 Å². The molecule has 7 heteroatoms. The highest BCUT2D eigenvalue weighted by molar-refractivity contribution is 5.89. The summed E-state index contributed by atoms with van der Waals surface area (Å²) in [6.45, 7) is 2.22. The maximum atomic E-state index is 12.4. The minimum atomic E-state index is -0.0842. The van der Waals surface area contributed by atoms with Gasteiger partial charge in [0.15, 0.2) is 5.82 Å². The molecule has 1 fully saturated rings. The molecule has 0 aliphatic heterocycles. The lowest BCUT2D eigenvalue weighted by Crippen LogP contribution is -2.44. The van der Waals surface area contributed by atoms with Crippen LogP contribution in [-0.4, -0.2) is 43.8 Å². The summed E-state index contributed by atoms with van der Waals surface area (Å²) >= 11 is 0. The molecule has 3 rings (SSSR count). The average Bonchev–Trinajstić information content (AvgIpc) is 3.10. The number of urea groups is 1. The van der Waals surface area contributed by atoms with Crippen molar-refractivity contribution < 1.29 is 4.79 Å². The van der Waals surface area contributed by atoms with Gasteiger partial charge >= 0.3 is 6.03 Å². The van der Waals surface area contributed by atoms with E-state index in [0.29, 0.717) is 23.5 Å². The lowest BCUT2D eigenvalue weighted by Gasteiger charge is -2.36. The van der Waals surface area contributed by atoms with Gasteiger partial charge in [-0.05, 0) is 30.9 Å². The highest BCUT2D eigenvalue weighted by Crippen LogP contribution is 2.27. The molecule has 0 unspecified atom stereocenters. The van der Waals surface area contributed by atoms with Crippen LogP contribution in [-0.2, 0) is 0 Å². The second kappa shape index (κ2) is 6.76. The van der Waals surface area contributed by atoms with Crippen molar-refractivity contribution in [2.45, 2.75) is 38.6 Å². The Kier molecular flexibility index (Phi) is 4.55. The smallest absolute Gasteiger partial charge is 0.321 e. The number of rotatable bonds is 3. The van der Waals surface area contributed by atoms with E-state index in [2.05, 4.69) is 27.3 Å².